The minimum absolute atomic E-state index is 0.112. The van der Waals surface area contributed by atoms with Gasteiger partial charge in [-0.25, -0.2) is 4.39 Å². The average Bonchev–Trinajstić information content (AvgIpc) is 3.47. The van der Waals surface area contributed by atoms with Gasteiger partial charge in [0.05, 0.1) is 24.2 Å². The maximum Gasteiger partial charge on any atom is 0.419 e. The zero-order chi connectivity index (χ0) is 20.8. The van der Waals surface area contributed by atoms with Gasteiger partial charge in [-0.05, 0) is 42.5 Å². The molecule has 0 atom stereocenters. The second-order valence-electron chi connectivity index (χ2n) is 7.38. The number of ketones is 1. The Morgan fingerprint density at radius 1 is 1.24 bits per heavy atom. The van der Waals surface area contributed by atoms with E-state index in [1.807, 2.05) is 11.1 Å². The number of carbonyl (C=O) groups excluding carboxylic acids is 2. The smallest absolute Gasteiger partial charge is 0.366 e. The van der Waals surface area contributed by atoms with E-state index in [2.05, 4.69) is 5.32 Å². The lowest BCUT2D eigenvalue weighted by Gasteiger charge is -2.30. The highest BCUT2D eigenvalue weighted by Crippen LogP contribution is 2.35. The van der Waals surface area contributed by atoms with Gasteiger partial charge in [-0.1, -0.05) is 18.2 Å². The molecule has 152 valence electrons. The van der Waals surface area contributed by atoms with Crippen LogP contribution < -0.4 is 5.32 Å². The zero-order valence-corrected chi connectivity index (χ0v) is 15.4. The standard InChI is InChI=1S/C21H18F4N2O2/c22-20-12(3-1-5-15(20)21(23,24)25)9-18(29)26-16-6-2-4-13-10-27(14-7-8-14)11-17(28)19(13)16/h1-3,5-6,10,14H,4,7-9,11H2,(H,26,29). The first-order chi connectivity index (χ1) is 13.7. The summed E-state index contributed by atoms with van der Waals surface area (Å²) in [5, 5.41) is 2.57. The summed E-state index contributed by atoms with van der Waals surface area (Å²) in [6.07, 6.45) is 2.62. The maximum atomic E-state index is 14.2. The van der Waals surface area contributed by atoms with Crippen molar-refractivity contribution in [3.8, 4) is 0 Å². The van der Waals surface area contributed by atoms with Crippen LogP contribution in [0.1, 0.15) is 30.4 Å². The van der Waals surface area contributed by atoms with E-state index in [1.165, 1.54) is 0 Å². The monoisotopic (exact) mass is 406 g/mol. The zero-order valence-electron chi connectivity index (χ0n) is 15.4. The van der Waals surface area contributed by atoms with Gasteiger partial charge < -0.3 is 10.2 Å². The number of nitrogens with one attached hydrogen (secondary N) is 1. The van der Waals surface area contributed by atoms with Crippen molar-refractivity contribution in [3.63, 3.8) is 0 Å². The lowest BCUT2D eigenvalue weighted by molar-refractivity contribution is -0.140. The van der Waals surface area contributed by atoms with E-state index in [-0.39, 0.29) is 17.9 Å². The van der Waals surface area contributed by atoms with E-state index in [0.717, 1.165) is 30.5 Å². The van der Waals surface area contributed by atoms with Crippen LogP contribution in [-0.2, 0) is 22.2 Å². The highest BCUT2D eigenvalue weighted by atomic mass is 19.4. The van der Waals surface area contributed by atoms with Crippen molar-refractivity contribution in [1.29, 1.82) is 0 Å². The Balaban J connectivity index is 1.54. The third-order valence-corrected chi connectivity index (χ3v) is 5.16. The number of nitrogens with zero attached hydrogens (tertiary/aromatic N) is 1. The van der Waals surface area contributed by atoms with E-state index in [9.17, 15) is 27.2 Å². The van der Waals surface area contributed by atoms with Gasteiger partial charge >= 0.3 is 6.18 Å². The van der Waals surface area contributed by atoms with E-state index < -0.39 is 29.9 Å². The van der Waals surface area contributed by atoms with Gasteiger partial charge in [0.2, 0.25) is 5.91 Å². The maximum absolute atomic E-state index is 14.2. The van der Waals surface area contributed by atoms with Gasteiger partial charge in [0.15, 0.2) is 5.78 Å². The van der Waals surface area contributed by atoms with Crippen LogP contribution in [-0.4, -0.2) is 29.2 Å². The summed E-state index contributed by atoms with van der Waals surface area (Å²) < 4.78 is 52.7. The predicted molar refractivity (Wildman–Crippen MR) is 96.8 cm³/mol. The van der Waals surface area contributed by atoms with Gasteiger partial charge in [-0.3, -0.25) is 9.59 Å². The van der Waals surface area contributed by atoms with E-state index >= 15 is 0 Å². The number of allylic oxidation sites excluding steroid dienone is 3. The van der Waals surface area contributed by atoms with Crippen molar-refractivity contribution in [1.82, 2.24) is 10.2 Å². The lowest BCUT2D eigenvalue weighted by atomic mass is 9.90. The molecule has 8 heteroatoms. The molecule has 1 aliphatic heterocycles. The van der Waals surface area contributed by atoms with Crippen LogP contribution in [0.15, 0.2) is 53.4 Å². The molecule has 1 aromatic rings. The van der Waals surface area contributed by atoms with Gasteiger partial charge in [0, 0.05) is 17.8 Å². The average molecular weight is 406 g/mol. The summed E-state index contributed by atoms with van der Waals surface area (Å²) >= 11 is 0. The van der Waals surface area contributed by atoms with E-state index in [1.54, 1.807) is 12.2 Å². The Labute approximate surface area is 164 Å². The fourth-order valence-electron chi connectivity index (χ4n) is 3.65. The fourth-order valence-corrected chi connectivity index (χ4v) is 3.65. The van der Waals surface area contributed by atoms with Crippen LogP contribution >= 0.6 is 0 Å². The number of alkyl halides is 3. The Morgan fingerprint density at radius 2 is 2.00 bits per heavy atom. The first-order valence-electron chi connectivity index (χ1n) is 9.29. The predicted octanol–water partition coefficient (Wildman–Crippen LogP) is 3.65. The SMILES string of the molecule is O=C(Cc1cccc(C(F)(F)F)c1F)NC1=C2C(=O)CN(C3CC3)C=C2CC=C1. The Hall–Kier alpha value is -2.90. The molecule has 1 aromatic carbocycles. The summed E-state index contributed by atoms with van der Waals surface area (Å²) in [5.74, 6) is -2.25. The number of halogens is 4. The van der Waals surface area contributed by atoms with Gasteiger partial charge in [0.25, 0.3) is 0 Å². The quantitative estimate of drug-likeness (QED) is 0.777. The van der Waals surface area contributed by atoms with Gasteiger partial charge in [-0.15, -0.1) is 0 Å². The molecule has 0 saturated heterocycles. The summed E-state index contributed by atoms with van der Waals surface area (Å²) in [4.78, 5) is 27.0. The van der Waals surface area contributed by atoms with Gasteiger partial charge in [-0.2, -0.15) is 13.2 Å². The molecule has 0 radical (unpaired) electrons. The third-order valence-electron chi connectivity index (χ3n) is 5.16. The van der Waals surface area contributed by atoms with Crippen molar-refractivity contribution in [2.45, 2.75) is 37.9 Å². The number of hydrogen-bond acceptors (Lipinski definition) is 3. The van der Waals surface area contributed by atoms with Gasteiger partial charge in [0.1, 0.15) is 5.82 Å². The number of rotatable bonds is 4. The number of hydrogen-bond donors (Lipinski definition) is 1. The minimum Gasteiger partial charge on any atom is -0.366 e. The number of Topliss-reactive ketones (excluding diaryl/α,β-unsaturated/α-hetero) is 1. The summed E-state index contributed by atoms with van der Waals surface area (Å²) in [7, 11) is 0. The van der Waals surface area contributed by atoms with Crippen LogP contribution in [0.4, 0.5) is 17.6 Å². The Morgan fingerprint density at radius 3 is 2.69 bits per heavy atom. The molecule has 4 rings (SSSR count). The molecular formula is C21H18F4N2O2. The lowest BCUT2D eigenvalue weighted by Crippen LogP contribution is -2.36. The van der Waals surface area contributed by atoms with Crippen LogP contribution in [0.5, 0.6) is 0 Å². The molecule has 1 amide bonds. The van der Waals surface area contributed by atoms with Crippen LogP contribution in [0.2, 0.25) is 0 Å². The molecule has 29 heavy (non-hydrogen) atoms. The van der Waals surface area contributed by atoms with Crippen molar-refractivity contribution in [3.05, 3.63) is 70.3 Å². The van der Waals surface area contributed by atoms with Crippen molar-refractivity contribution < 1.29 is 27.2 Å². The van der Waals surface area contributed by atoms with E-state index in [0.29, 0.717) is 29.8 Å². The van der Waals surface area contributed by atoms with Crippen molar-refractivity contribution in [2.24, 2.45) is 0 Å². The second-order valence-corrected chi connectivity index (χ2v) is 7.38. The molecule has 1 fully saturated rings. The van der Waals surface area contributed by atoms with Crippen LogP contribution in [0.3, 0.4) is 0 Å². The van der Waals surface area contributed by atoms with Crippen LogP contribution in [0, 0.1) is 5.82 Å². The summed E-state index contributed by atoms with van der Waals surface area (Å²) in [6.45, 7) is 0.235. The topological polar surface area (TPSA) is 49.4 Å². The Kier molecular flexibility index (Phi) is 4.80. The molecule has 1 N–H and O–H groups in total. The molecule has 0 bridgehead atoms. The van der Waals surface area contributed by atoms with E-state index in [4.69, 9.17) is 0 Å². The first-order valence-corrected chi connectivity index (χ1v) is 9.29. The first kappa shape index (κ1) is 19.4. The summed E-state index contributed by atoms with van der Waals surface area (Å²) in [5.41, 5.74) is -0.234. The largest absolute Gasteiger partial charge is 0.419 e. The molecule has 0 aromatic heterocycles. The molecule has 0 spiro atoms. The Bertz CT molecular complexity index is 971. The summed E-state index contributed by atoms with van der Waals surface area (Å²) in [6, 6.07) is 3.23. The number of benzene rings is 1. The number of carbonyl (C=O) groups is 2. The fraction of sp³-hybridized carbons (Fsp3) is 0.333. The molecule has 1 saturated carbocycles. The molecule has 2 aliphatic carbocycles. The van der Waals surface area contributed by atoms with Crippen molar-refractivity contribution >= 4 is 11.7 Å². The molecule has 0 unspecified atom stereocenters. The molecular weight excluding hydrogens is 388 g/mol. The molecule has 1 heterocycles. The highest BCUT2D eigenvalue weighted by Gasteiger charge is 2.36. The van der Waals surface area contributed by atoms with Crippen LogP contribution in [0.25, 0.3) is 0 Å². The second kappa shape index (κ2) is 7.17. The molecule has 3 aliphatic rings. The number of fused-ring (bicyclic) bond motifs is 1. The highest BCUT2D eigenvalue weighted by molar-refractivity contribution is 6.04. The normalized spacial score (nSPS) is 19.2. The number of amides is 1. The molecule has 4 nitrogen and oxygen atoms in total. The van der Waals surface area contributed by atoms with Crippen molar-refractivity contribution in [2.75, 3.05) is 6.54 Å². The third kappa shape index (κ3) is 3.97. The minimum atomic E-state index is -4.84.